The second kappa shape index (κ2) is 6.55. The predicted octanol–water partition coefficient (Wildman–Crippen LogP) is 3.83. The summed E-state index contributed by atoms with van der Waals surface area (Å²) in [6.07, 6.45) is 0.560. The Bertz CT molecular complexity index is 413. The van der Waals surface area contributed by atoms with Gasteiger partial charge in [-0.1, -0.05) is 32.0 Å². The molecule has 19 heavy (non-hydrogen) atoms. The molecule has 0 bridgehead atoms. The van der Waals surface area contributed by atoms with Gasteiger partial charge in [-0.3, -0.25) is 0 Å². The predicted molar refractivity (Wildman–Crippen MR) is 88.4 cm³/mol. The van der Waals surface area contributed by atoms with E-state index in [1.54, 1.807) is 0 Å². The van der Waals surface area contributed by atoms with E-state index in [-0.39, 0.29) is 6.10 Å². The van der Waals surface area contributed by atoms with Crippen molar-refractivity contribution in [3.8, 4) is 0 Å². The number of aryl methyl sites for hydroxylation is 2. The molecule has 0 radical (unpaired) electrons. The molecule has 4 unspecified atom stereocenters. The smallest absolute Gasteiger partial charge is 0.0707 e. The standard InChI is InChI=1S/C16H24OS2/c1-10-6-5-7-11(2)14(10)8-15(17)16-9-18-12(3)13(4)19-16/h5-7,12-13,15-17H,8-9H2,1-4H3. The number of hydrogen-bond donors (Lipinski definition) is 1. The van der Waals surface area contributed by atoms with E-state index in [0.717, 1.165) is 12.2 Å². The van der Waals surface area contributed by atoms with Crippen molar-refractivity contribution in [1.82, 2.24) is 0 Å². The Hall–Kier alpha value is -0.120. The van der Waals surface area contributed by atoms with Crippen LogP contribution in [-0.2, 0) is 6.42 Å². The van der Waals surface area contributed by atoms with Crippen molar-refractivity contribution < 1.29 is 5.11 Å². The monoisotopic (exact) mass is 296 g/mol. The van der Waals surface area contributed by atoms with Crippen molar-refractivity contribution in [1.29, 1.82) is 0 Å². The lowest BCUT2D eigenvalue weighted by Gasteiger charge is -2.34. The Labute approximate surface area is 125 Å². The molecule has 0 aliphatic carbocycles. The van der Waals surface area contributed by atoms with E-state index in [4.69, 9.17) is 0 Å². The molecule has 0 aromatic heterocycles. The lowest BCUT2D eigenvalue weighted by Crippen LogP contribution is -2.35. The van der Waals surface area contributed by atoms with Crippen molar-refractivity contribution in [3.05, 3.63) is 34.9 Å². The summed E-state index contributed by atoms with van der Waals surface area (Å²) < 4.78 is 0. The number of rotatable bonds is 3. The van der Waals surface area contributed by atoms with Gasteiger partial charge in [-0.2, -0.15) is 23.5 Å². The van der Waals surface area contributed by atoms with E-state index in [1.165, 1.54) is 16.7 Å². The maximum Gasteiger partial charge on any atom is 0.0707 e. The zero-order chi connectivity index (χ0) is 14.0. The quantitative estimate of drug-likeness (QED) is 0.915. The van der Waals surface area contributed by atoms with Crippen molar-refractivity contribution in [3.63, 3.8) is 0 Å². The van der Waals surface area contributed by atoms with Crippen LogP contribution in [0.25, 0.3) is 0 Å². The largest absolute Gasteiger partial charge is 0.392 e. The molecule has 1 N–H and O–H groups in total. The van der Waals surface area contributed by atoms with E-state index in [9.17, 15) is 5.11 Å². The molecule has 2 rings (SSSR count). The second-order valence-corrected chi connectivity index (χ2v) is 8.59. The zero-order valence-electron chi connectivity index (χ0n) is 12.2. The summed E-state index contributed by atoms with van der Waals surface area (Å²) in [5.74, 6) is 1.07. The van der Waals surface area contributed by atoms with Gasteiger partial charge in [0.2, 0.25) is 0 Å². The fourth-order valence-corrected chi connectivity index (χ4v) is 5.54. The van der Waals surface area contributed by atoms with Crippen LogP contribution in [0.1, 0.15) is 30.5 Å². The van der Waals surface area contributed by atoms with Crippen LogP contribution < -0.4 is 0 Å². The highest BCUT2D eigenvalue weighted by Crippen LogP contribution is 2.37. The van der Waals surface area contributed by atoms with Gasteiger partial charge in [-0.05, 0) is 37.0 Å². The van der Waals surface area contributed by atoms with E-state index in [1.807, 2.05) is 23.5 Å². The van der Waals surface area contributed by atoms with Gasteiger partial charge < -0.3 is 5.11 Å². The molecule has 1 aliphatic rings. The van der Waals surface area contributed by atoms with E-state index in [2.05, 4.69) is 45.9 Å². The Morgan fingerprint density at radius 3 is 2.42 bits per heavy atom. The minimum atomic E-state index is -0.229. The highest BCUT2D eigenvalue weighted by Gasteiger charge is 2.30. The molecule has 1 aromatic rings. The van der Waals surface area contributed by atoms with Gasteiger partial charge in [0, 0.05) is 21.5 Å². The maximum absolute atomic E-state index is 10.5. The fraction of sp³-hybridized carbons (Fsp3) is 0.625. The normalized spacial score (nSPS) is 29.2. The van der Waals surface area contributed by atoms with Gasteiger partial charge in [0.05, 0.1) is 6.10 Å². The minimum Gasteiger partial charge on any atom is -0.392 e. The Balaban J connectivity index is 2.03. The number of aliphatic hydroxyl groups is 1. The second-order valence-electron chi connectivity index (χ2n) is 5.56. The highest BCUT2D eigenvalue weighted by atomic mass is 32.2. The molecule has 1 fully saturated rings. The summed E-state index contributed by atoms with van der Waals surface area (Å²) >= 11 is 3.96. The third-order valence-electron chi connectivity index (χ3n) is 4.06. The highest BCUT2D eigenvalue weighted by molar-refractivity contribution is 8.07. The molecule has 0 spiro atoms. The number of thioether (sulfide) groups is 2. The van der Waals surface area contributed by atoms with Crippen molar-refractivity contribution >= 4 is 23.5 Å². The Morgan fingerprint density at radius 1 is 1.21 bits per heavy atom. The third kappa shape index (κ3) is 3.71. The van der Waals surface area contributed by atoms with E-state index in [0.29, 0.717) is 15.7 Å². The first kappa shape index (κ1) is 15.3. The van der Waals surface area contributed by atoms with Crippen LogP contribution in [0.4, 0.5) is 0 Å². The van der Waals surface area contributed by atoms with Gasteiger partial charge in [-0.15, -0.1) is 0 Å². The van der Waals surface area contributed by atoms with Gasteiger partial charge in [0.15, 0.2) is 0 Å². The van der Waals surface area contributed by atoms with Gasteiger partial charge in [0.25, 0.3) is 0 Å². The maximum atomic E-state index is 10.5. The molecule has 0 saturated carbocycles. The molecule has 1 saturated heterocycles. The van der Waals surface area contributed by atoms with E-state index >= 15 is 0 Å². The van der Waals surface area contributed by atoms with Gasteiger partial charge >= 0.3 is 0 Å². The minimum absolute atomic E-state index is 0.229. The lowest BCUT2D eigenvalue weighted by atomic mass is 9.96. The molecular weight excluding hydrogens is 272 g/mol. The fourth-order valence-electron chi connectivity index (χ4n) is 2.52. The molecule has 3 heteroatoms. The van der Waals surface area contributed by atoms with Crippen LogP contribution in [-0.4, -0.2) is 32.7 Å². The average molecular weight is 297 g/mol. The summed E-state index contributed by atoms with van der Waals surface area (Å²) in [5, 5.41) is 12.3. The first-order valence-corrected chi connectivity index (χ1v) is 8.98. The molecule has 1 aliphatic heterocycles. The van der Waals surface area contributed by atoms with Crippen molar-refractivity contribution in [2.24, 2.45) is 0 Å². The zero-order valence-corrected chi connectivity index (χ0v) is 13.9. The molecule has 1 heterocycles. The summed E-state index contributed by atoms with van der Waals surface area (Å²) in [6.45, 7) is 8.85. The summed E-state index contributed by atoms with van der Waals surface area (Å²) in [7, 11) is 0. The molecule has 106 valence electrons. The van der Waals surface area contributed by atoms with Gasteiger partial charge in [0.1, 0.15) is 0 Å². The van der Waals surface area contributed by atoms with Crippen LogP contribution in [0.15, 0.2) is 18.2 Å². The lowest BCUT2D eigenvalue weighted by molar-refractivity contribution is 0.176. The third-order valence-corrected chi connectivity index (χ3v) is 7.60. The number of aliphatic hydroxyl groups excluding tert-OH is 1. The molecular formula is C16H24OS2. The molecule has 0 amide bonds. The van der Waals surface area contributed by atoms with E-state index < -0.39 is 0 Å². The average Bonchev–Trinajstić information content (AvgIpc) is 2.37. The van der Waals surface area contributed by atoms with Crippen LogP contribution in [0.5, 0.6) is 0 Å². The summed E-state index contributed by atoms with van der Waals surface area (Å²) in [4.78, 5) is 0. The SMILES string of the molecule is Cc1cccc(C)c1CC(O)C1CSC(C)C(C)S1. The number of benzene rings is 1. The first-order chi connectivity index (χ1) is 8.99. The molecule has 1 aromatic carbocycles. The van der Waals surface area contributed by atoms with Crippen LogP contribution in [0.3, 0.4) is 0 Å². The Morgan fingerprint density at radius 2 is 1.84 bits per heavy atom. The van der Waals surface area contributed by atoms with Crippen LogP contribution >= 0.6 is 23.5 Å². The van der Waals surface area contributed by atoms with Crippen LogP contribution in [0.2, 0.25) is 0 Å². The molecule has 4 atom stereocenters. The number of hydrogen-bond acceptors (Lipinski definition) is 3. The topological polar surface area (TPSA) is 20.2 Å². The first-order valence-electron chi connectivity index (χ1n) is 6.99. The van der Waals surface area contributed by atoms with Crippen molar-refractivity contribution in [2.45, 2.75) is 56.0 Å². The van der Waals surface area contributed by atoms with Crippen LogP contribution in [0, 0.1) is 13.8 Å². The summed E-state index contributed by atoms with van der Waals surface area (Å²) in [6, 6.07) is 6.38. The Kier molecular flexibility index (Phi) is 5.27. The summed E-state index contributed by atoms with van der Waals surface area (Å²) in [5.41, 5.74) is 3.93. The van der Waals surface area contributed by atoms with Crippen molar-refractivity contribution in [2.75, 3.05) is 5.75 Å². The molecule has 1 nitrogen and oxygen atoms in total. The van der Waals surface area contributed by atoms with Gasteiger partial charge in [-0.25, -0.2) is 0 Å².